The van der Waals surface area contributed by atoms with E-state index in [2.05, 4.69) is 10.9 Å². The summed E-state index contributed by atoms with van der Waals surface area (Å²) in [5.41, 5.74) is 6.49. The van der Waals surface area contributed by atoms with Gasteiger partial charge in [-0.15, -0.1) is 0 Å². The third-order valence-corrected chi connectivity index (χ3v) is 5.73. The molecule has 0 unspecified atom stereocenters. The van der Waals surface area contributed by atoms with Crippen molar-refractivity contribution in [2.24, 2.45) is 0 Å². The third kappa shape index (κ3) is 4.16. The molecule has 0 spiro atoms. The Morgan fingerprint density at radius 1 is 0.960 bits per heavy atom. The summed E-state index contributed by atoms with van der Waals surface area (Å²) in [6, 6.07) is 15.1. The number of amides is 1. The van der Waals surface area contributed by atoms with E-state index in [0.717, 1.165) is 5.69 Å². The maximum atomic E-state index is 12.5. The van der Waals surface area contributed by atoms with Crippen LogP contribution in [-0.4, -0.2) is 44.9 Å². The lowest BCUT2D eigenvalue weighted by Crippen LogP contribution is -2.40. The summed E-state index contributed by atoms with van der Waals surface area (Å²) in [6.45, 7) is 1.47. The molecule has 1 amide bonds. The van der Waals surface area contributed by atoms with Gasteiger partial charge in [-0.2, -0.15) is 4.31 Å². The fraction of sp³-hybridized carbons (Fsp3) is 0.235. The third-order valence-electron chi connectivity index (χ3n) is 3.82. The largest absolute Gasteiger partial charge is 0.379 e. The lowest BCUT2D eigenvalue weighted by molar-refractivity contribution is 0.0730. The number of nitrogens with one attached hydrogen (secondary N) is 2. The van der Waals surface area contributed by atoms with Crippen LogP contribution in [0.1, 0.15) is 10.4 Å². The SMILES string of the molecule is O=C(NNc1ccccc1)c1ccc(S(=O)(=O)N2CCOCC2)cc1. The van der Waals surface area contributed by atoms with Gasteiger partial charge in [-0.1, -0.05) is 18.2 Å². The highest BCUT2D eigenvalue weighted by Gasteiger charge is 2.26. The van der Waals surface area contributed by atoms with E-state index in [1.807, 2.05) is 30.3 Å². The van der Waals surface area contributed by atoms with Crippen LogP contribution in [0.4, 0.5) is 5.69 Å². The van der Waals surface area contributed by atoms with Gasteiger partial charge >= 0.3 is 0 Å². The molecule has 0 aromatic heterocycles. The summed E-state index contributed by atoms with van der Waals surface area (Å²) in [5.74, 6) is -0.348. The van der Waals surface area contributed by atoms with Gasteiger partial charge in [-0.05, 0) is 36.4 Å². The molecule has 2 aromatic rings. The van der Waals surface area contributed by atoms with Crippen molar-refractivity contribution in [3.8, 4) is 0 Å². The van der Waals surface area contributed by atoms with Gasteiger partial charge in [0.2, 0.25) is 10.0 Å². The summed E-state index contributed by atoms with van der Waals surface area (Å²) in [4.78, 5) is 12.3. The van der Waals surface area contributed by atoms with Gasteiger partial charge in [-0.25, -0.2) is 8.42 Å². The topological polar surface area (TPSA) is 87.7 Å². The van der Waals surface area contributed by atoms with Crippen molar-refractivity contribution in [1.82, 2.24) is 9.73 Å². The Morgan fingerprint density at radius 2 is 1.60 bits per heavy atom. The fourth-order valence-electron chi connectivity index (χ4n) is 2.44. The van der Waals surface area contributed by atoms with Crippen molar-refractivity contribution < 1.29 is 17.9 Å². The quantitative estimate of drug-likeness (QED) is 0.788. The number of morpholine rings is 1. The van der Waals surface area contributed by atoms with Crippen molar-refractivity contribution in [3.05, 3.63) is 60.2 Å². The molecule has 1 fully saturated rings. The Balaban J connectivity index is 1.66. The van der Waals surface area contributed by atoms with Crippen LogP contribution in [0, 0.1) is 0 Å². The zero-order chi connectivity index (χ0) is 17.7. The highest BCUT2D eigenvalue weighted by atomic mass is 32.2. The average Bonchev–Trinajstić information content (AvgIpc) is 2.68. The van der Waals surface area contributed by atoms with E-state index >= 15 is 0 Å². The number of carbonyl (C=O) groups excluding carboxylic acids is 1. The normalized spacial score (nSPS) is 15.5. The van der Waals surface area contributed by atoms with Gasteiger partial charge < -0.3 is 4.74 Å². The Bertz CT molecular complexity index is 817. The Hall–Kier alpha value is -2.42. The number of hydrogen-bond acceptors (Lipinski definition) is 5. The molecule has 132 valence electrons. The molecule has 1 saturated heterocycles. The average molecular weight is 361 g/mol. The number of hydrazine groups is 1. The molecule has 2 aromatic carbocycles. The Kier molecular flexibility index (Phi) is 5.32. The molecule has 2 N–H and O–H groups in total. The first kappa shape index (κ1) is 17.4. The van der Waals surface area contributed by atoms with Gasteiger partial charge in [0.05, 0.1) is 23.8 Å². The van der Waals surface area contributed by atoms with Gasteiger partial charge in [0.1, 0.15) is 0 Å². The number of benzene rings is 2. The minimum absolute atomic E-state index is 0.168. The summed E-state index contributed by atoms with van der Waals surface area (Å²) in [7, 11) is -3.55. The molecule has 1 aliphatic rings. The summed E-state index contributed by atoms with van der Waals surface area (Å²) < 4.78 is 31.6. The number of para-hydroxylation sites is 1. The van der Waals surface area contributed by atoms with Crippen LogP contribution >= 0.6 is 0 Å². The second kappa shape index (κ2) is 7.64. The van der Waals surface area contributed by atoms with E-state index < -0.39 is 10.0 Å². The predicted molar refractivity (Wildman–Crippen MR) is 93.6 cm³/mol. The molecule has 3 rings (SSSR count). The first-order valence-corrected chi connectivity index (χ1v) is 9.31. The monoisotopic (exact) mass is 361 g/mol. The molecule has 0 aliphatic carbocycles. The number of nitrogens with zero attached hydrogens (tertiary/aromatic N) is 1. The first-order chi connectivity index (χ1) is 12.1. The number of anilines is 1. The summed E-state index contributed by atoms with van der Waals surface area (Å²) in [5, 5.41) is 0. The van der Waals surface area contributed by atoms with Crippen LogP contribution in [0.25, 0.3) is 0 Å². The molecule has 7 nitrogen and oxygen atoms in total. The van der Waals surface area contributed by atoms with Crippen LogP contribution < -0.4 is 10.9 Å². The number of rotatable bonds is 5. The van der Waals surface area contributed by atoms with E-state index in [1.54, 1.807) is 0 Å². The molecule has 0 radical (unpaired) electrons. The standard InChI is InChI=1S/C17H19N3O4S/c21-17(19-18-15-4-2-1-3-5-15)14-6-8-16(9-7-14)25(22,23)20-10-12-24-13-11-20/h1-9,18H,10-13H2,(H,19,21). The maximum absolute atomic E-state index is 12.5. The lowest BCUT2D eigenvalue weighted by atomic mass is 10.2. The van der Waals surface area contributed by atoms with E-state index in [9.17, 15) is 13.2 Å². The van der Waals surface area contributed by atoms with Gasteiger partial charge in [0.15, 0.2) is 0 Å². The van der Waals surface area contributed by atoms with Gasteiger partial charge in [0, 0.05) is 18.7 Å². The maximum Gasteiger partial charge on any atom is 0.269 e. The smallest absolute Gasteiger partial charge is 0.269 e. The molecule has 1 aliphatic heterocycles. The predicted octanol–water partition coefficient (Wildman–Crippen LogP) is 1.46. The first-order valence-electron chi connectivity index (χ1n) is 7.87. The summed E-state index contributed by atoms with van der Waals surface area (Å²) in [6.07, 6.45) is 0. The number of sulfonamides is 1. The van der Waals surface area contributed by atoms with E-state index in [0.29, 0.717) is 31.9 Å². The van der Waals surface area contributed by atoms with E-state index in [4.69, 9.17) is 4.74 Å². The second-order valence-electron chi connectivity index (χ2n) is 5.49. The molecule has 0 saturated carbocycles. The zero-order valence-corrected chi connectivity index (χ0v) is 14.3. The molecule has 25 heavy (non-hydrogen) atoms. The second-order valence-corrected chi connectivity index (χ2v) is 7.42. The van der Waals surface area contributed by atoms with Gasteiger partial charge in [-0.3, -0.25) is 15.6 Å². The lowest BCUT2D eigenvalue weighted by Gasteiger charge is -2.26. The minimum Gasteiger partial charge on any atom is -0.379 e. The molecule has 0 atom stereocenters. The van der Waals surface area contributed by atoms with Gasteiger partial charge in [0.25, 0.3) is 5.91 Å². The number of ether oxygens (including phenoxy) is 1. The Morgan fingerprint density at radius 3 is 2.24 bits per heavy atom. The molecular weight excluding hydrogens is 342 g/mol. The van der Waals surface area contributed by atoms with Crippen LogP contribution in [0.5, 0.6) is 0 Å². The minimum atomic E-state index is -3.55. The molecule has 8 heteroatoms. The van der Waals surface area contributed by atoms with Crippen LogP contribution in [0.2, 0.25) is 0 Å². The highest BCUT2D eigenvalue weighted by molar-refractivity contribution is 7.89. The van der Waals surface area contributed by atoms with Crippen molar-refractivity contribution in [2.75, 3.05) is 31.7 Å². The zero-order valence-electron chi connectivity index (χ0n) is 13.5. The van der Waals surface area contributed by atoms with Crippen molar-refractivity contribution in [3.63, 3.8) is 0 Å². The molecule has 0 bridgehead atoms. The van der Waals surface area contributed by atoms with Crippen molar-refractivity contribution >= 4 is 21.6 Å². The van der Waals surface area contributed by atoms with Crippen LogP contribution in [-0.2, 0) is 14.8 Å². The molecule has 1 heterocycles. The fourth-order valence-corrected chi connectivity index (χ4v) is 3.84. The van der Waals surface area contributed by atoms with Crippen molar-refractivity contribution in [2.45, 2.75) is 4.90 Å². The number of hydrogen-bond donors (Lipinski definition) is 2. The van der Waals surface area contributed by atoms with Crippen LogP contribution in [0.15, 0.2) is 59.5 Å². The van der Waals surface area contributed by atoms with Crippen molar-refractivity contribution in [1.29, 1.82) is 0 Å². The summed E-state index contributed by atoms with van der Waals surface area (Å²) >= 11 is 0. The van der Waals surface area contributed by atoms with Crippen LogP contribution in [0.3, 0.4) is 0 Å². The highest BCUT2D eigenvalue weighted by Crippen LogP contribution is 2.17. The van der Waals surface area contributed by atoms with E-state index in [-0.39, 0.29) is 10.8 Å². The molecular formula is C17H19N3O4S. The van der Waals surface area contributed by atoms with E-state index in [1.165, 1.54) is 28.6 Å². The Labute approximate surface area is 146 Å². The number of carbonyl (C=O) groups is 1.